The summed E-state index contributed by atoms with van der Waals surface area (Å²) < 4.78 is 9.17. The van der Waals surface area contributed by atoms with Gasteiger partial charge < -0.3 is 14.2 Å². The van der Waals surface area contributed by atoms with Gasteiger partial charge in [-0.15, -0.1) is 0 Å². The molecule has 0 N–H and O–H groups in total. The van der Waals surface area contributed by atoms with Crippen molar-refractivity contribution in [2.75, 3.05) is 20.1 Å². The molecular formula is C24H28N4O. The Labute approximate surface area is 172 Å². The highest BCUT2D eigenvalue weighted by Gasteiger charge is 2.31. The first kappa shape index (κ1) is 18.5. The number of aromatic nitrogens is 3. The van der Waals surface area contributed by atoms with Crippen molar-refractivity contribution in [2.45, 2.75) is 44.9 Å². The number of imidazole rings is 1. The second-order valence-electron chi connectivity index (χ2n) is 8.26. The molecule has 3 aromatic rings. The summed E-state index contributed by atoms with van der Waals surface area (Å²) >= 11 is 0. The molecule has 1 unspecified atom stereocenters. The summed E-state index contributed by atoms with van der Waals surface area (Å²) in [5.74, 6) is 1.04. The van der Waals surface area contributed by atoms with E-state index in [1.165, 1.54) is 16.8 Å². The van der Waals surface area contributed by atoms with Crippen LogP contribution in [0.15, 0.2) is 48.8 Å². The average molecular weight is 389 g/mol. The Morgan fingerprint density at radius 2 is 1.76 bits per heavy atom. The number of pyridine rings is 1. The summed E-state index contributed by atoms with van der Waals surface area (Å²) in [4.78, 5) is 11.7. The van der Waals surface area contributed by atoms with Gasteiger partial charge in [-0.25, -0.2) is 4.98 Å². The third-order valence-corrected chi connectivity index (χ3v) is 6.38. The molecule has 1 atom stereocenters. The lowest BCUT2D eigenvalue weighted by molar-refractivity contribution is -0.0276. The number of fused-ring (bicyclic) bond motifs is 2. The number of benzene rings is 1. The van der Waals surface area contributed by atoms with Crippen LogP contribution in [0.4, 0.5) is 0 Å². The topological polar surface area (TPSA) is 43.2 Å². The standard InChI is InChI=1S/C24H28N4O/c1-17-22(19-7-12-25-13-8-19)26-24-23(29-20-10-14-27(2)15-11-20)21-6-4-3-5-18(21)9-16-28(17)24/h3-8,12-13,20,23H,9-11,14-16H2,1-2H3. The molecule has 0 amide bonds. The van der Waals surface area contributed by atoms with Gasteiger partial charge in [-0.2, -0.15) is 0 Å². The van der Waals surface area contributed by atoms with Gasteiger partial charge in [0.15, 0.2) is 0 Å². The minimum absolute atomic E-state index is 0.114. The van der Waals surface area contributed by atoms with Crippen LogP contribution in [-0.2, 0) is 17.7 Å². The molecule has 2 aliphatic heterocycles. The number of piperidine rings is 1. The van der Waals surface area contributed by atoms with Gasteiger partial charge in [-0.05, 0) is 56.5 Å². The van der Waals surface area contributed by atoms with E-state index in [2.05, 4.69) is 52.7 Å². The zero-order valence-electron chi connectivity index (χ0n) is 17.2. The van der Waals surface area contributed by atoms with Gasteiger partial charge in [0, 0.05) is 43.3 Å². The van der Waals surface area contributed by atoms with Crippen molar-refractivity contribution in [2.24, 2.45) is 0 Å². The van der Waals surface area contributed by atoms with Crippen LogP contribution in [-0.4, -0.2) is 45.7 Å². The van der Waals surface area contributed by atoms with Crippen LogP contribution in [0.3, 0.4) is 0 Å². The fraction of sp³-hybridized carbons (Fsp3) is 0.417. The van der Waals surface area contributed by atoms with Crippen LogP contribution in [0, 0.1) is 6.92 Å². The lowest BCUT2D eigenvalue weighted by Gasteiger charge is -2.32. The summed E-state index contributed by atoms with van der Waals surface area (Å²) in [6.07, 6.45) is 6.98. The second-order valence-corrected chi connectivity index (χ2v) is 8.26. The molecule has 2 aliphatic rings. The number of likely N-dealkylation sites (tertiary alicyclic amines) is 1. The van der Waals surface area contributed by atoms with Gasteiger partial charge in [0.2, 0.25) is 0 Å². The zero-order valence-corrected chi connectivity index (χ0v) is 17.2. The van der Waals surface area contributed by atoms with Gasteiger partial charge in [-0.3, -0.25) is 4.98 Å². The van der Waals surface area contributed by atoms with E-state index in [1.54, 1.807) is 0 Å². The molecule has 2 aromatic heterocycles. The molecule has 4 heterocycles. The Balaban J connectivity index is 1.57. The van der Waals surface area contributed by atoms with Gasteiger partial charge in [-0.1, -0.05) is 24.3 Å². The smallest absolute Gasteiger partial charge is 0.143 e. The maximum absolute atomic E-state index is 6.80. The van der Waals surface area contributed by atoms with E-state index in [-0.39, 0.29) is 12.2 Å². The van der Waals surface area contributed by atoms with Crippen molar-refractivity contribution in [1.82, 2.24) is 19.4 Å². The van der Waals surface area contributed by atoms with Gasteiger partial charge in [0.05, 0.1) is 11.8 Å². The van der Waals surface area contributed by atoms with Crippen LogP contribution in [0.25, 0.3) is 11.3 Å². The highest BCUT2D eigenvalue weighted by Crippen LogP contribution is 2.37. The van der Waals surface area contributed by atoms with E-state index in [0.29, 0.717) is 0 Å². The molecule has 0 bridgehead atoms. The summed E-state index contributed by atoms with van der Waals surface area (Å²) in [7, 11) is 2.19. The fourth-order valence-corrected chi connectivity index (χ4v) is 4.66. The summed E-state index contributed by atoms with van der Waals surface area (Å²) in [6, 6.07) is 12.8. The van der Waals surface area contributed by atoms with Crippen molar-refractivity contribution in [3.63, 3.8) is 0 Å². The second kappa shape index (κ2) is 7.73. The molecule has 0 radical (unpaired) electrons. The van der Waals surface area contributed by atoms with E-state index >= 15 is 0 Å². The number of rotatable bonds is 3. The Bertz CT molecular complexity index is 989. The van der Waals surface area contributed by atoms with Crippen LogP contribution in [0.1, 0.15) is 41.6 Å². The molecule has 5 heteroatoms. The predicted molar refractivity (Wildman–Crippen MR) is 114 cm³/mol. The Morgan fingerprint density at radius 3 is 2.55 bits per heavy atom. The molecule has 0 spiro atoms. The van der Waals surface area contributed by atoms with E-state index in [0.717, 1.165) is 56.0 Å². The van der Waals surface area contributed by atoms with Gasteiger partial charge >= 0.3 is 0 Å². The highest BCUT2D eigenvalue weighted by molar-refractivity contribution is 5.62. The summed E-state index contributed by atoms with van der Waals surface area (Å²) in [6.45, 7) is 5.29. The number of ether oxygens (including phenoxy) is 1. The molecule has 1 aromatic carbocycles. The number of aryl methyl sites for hydroxylation is 1. The van der Waals surface area contributed by atoms with E-state index < -0.39 is 0 Å². The fourth-order valence-electron chi connectivity index (χ4n) is 4.66. The van der Waals surface area contributed by atoms with Crippen LogP contribution >= 0.6 is 0 Å². The third-order valence-electron chi connectivity index (χ3n) is 6.38. The first-order valence-electron chi connectivity index (χ1n) is 10.6. The van der Waals surface area contributed by atoms with Crippen molar-refractivity contribution < 1.29 is 4.74 Å². The SMILES string of the molecule is Cc1c(-c2ccncc2)nc2n1CCc1ccccc1C2OC1CCN(C)CC1. The number of hydrogen-bond acceptors (Lipinski definition) is 4. The Morgan fingerprint density at radius 1 is 1.00 bits per heavy atom. The molecule has 0 aliphatic carbocycles. The van der Waals surface area contributed by atoms with Gasteiger partial charge in [0.25, 0.3) is 0 Å². The van der Waals surface area contributed by atoms with E-state index in [4.69, 9.17) is 9.72 Å². The monoisotopic (exact) mass is 388 g/mol. The molecule has 150 valence electrons. The van der Waals surface area contributed by atoms with E-state index in [9.17, 15) is 0 Å². The molecule has 29 heavy (non-hydrogen) atoms. The third kappa shape index (κ3) is 3.49. The lowest BCUT2D eigenvalue weighted by atomic mass is 10.00. The van der Waals surface area contributed by atoms with Crippen molar-refractivity contribution in [3.05, 3.63) is 71.4 Å². The normalized spacial score (nSPS) is 20.1. The van der Waals surface area contributed by atoms with Crippen LogP contribution in [0.2, 0.25) is 0 Å². The molecule has 1 saturated heterocycles. The Kier molecular flexibility index (Phi) is 4.94. The molecule has 5 rings (SSSR count). The first-order chi connectivity index (χ1) is 14.2. The molecule has 0 saturated carbocycles. The van der Waals surface area contributed by atoms with Crippen LogP contribution < -0.4 is 0 Å². The minimum atomic E-state index is -0.114. The molecule has 5 nitrogen and oxygen atoms in total. The van der Waals surface area contributed by atoms with Crippen molar-refractivity contribution in [1.29, 1.82) is 0 Å². The zero-order chi connectivity index (χ0) is 19.8. The van der Waals surface area contributed by atoms with Crippen molar-refractivity contribution >= 4 is 0 Å². The largest absolute Gasteiger partial charge is 0.362 e. The maximum atomic E-state index is 6.80. The number of hydrogen-bond donors (Lipinski definition) is 0. The Hall–Kier alpha value is -2.50. The summed E-state index contributed by atoms with van der Waals surface area (Å²) in [5, 5.41) is 0. The first-order valence-corrected chi connectivity index (χ1v) is 10.6. The van der Waals surface area contributed by atoms with Crippen molar-refractivity contribution in [3.8, 4) is 11.3 Å². The molecular weight excluding hydrogens is 360 g/mol. The quantitative estimate of drug-likeness (QED) is 0.680. The summed E-state index contributed by atoms with van der Waals surface area (Å²) in [5.41, 5.74) is 6.01. The number of nitrogens with zero attached hydrogens (tertiary/aromatic N) is 4. The van der Waals surface area contributed by atoms with E-state index in [1.807, 2.05) is 24.5 Å². The maximum Gasteiger partial charge on any atom is 0.143 e. The predicted octanol–water partition coefficient (Wildman–Crippen LogP) is 4.01. The minimum Gasteiger partial charge on any atom is -0.362 e. The molecule has 1 fully saturated rings. The lowest BCUT2D eigenvalue weighted by Crippen LogP contribution is -2.35. The highest BCUT2D eigenvalue weighted by atomic mass is 16.5. The van der Waals surface area contributed by atoms with Crippen LogP contribution in [0.5, 0.6) is 0 Å². The van der Waals surface area contributed by atoms with Gasteiger partial charge in [0.1, 0.15) is 11.9 Å². The average Bonchev–Trinajstić information content (AvgIpc) is 3.00.